The molecule has 0 bridgehead atoms. The van der Waals surface area contributed by atoms with Crippen molar-refractivity contribution < 1.29 is 112 Å². The van der Waals surface area contributed by atoms with Crippen LogP contribution in [0.15, 0.2) is 291 Å². The van der Waals surface area contributed by atoms with Gasteiger partial charge in [0.2, 0.25) is 27.2 Å². The van der Waals surface area contributed by atoms with Gasteiger partial charge in [-0.25, -0.2) is 0 Å². The third-order valence-electron chi connectivity index (χ3n) is 15.6. The van der Waals surface area contributed by atoms with Gasteiger partial charge in [-0.3, -0.25) is 0 Å². The van der Waals surface area contributed by atoms with Gasteiger partial charge in [0.1, 0.15) is 0 Å². The second-order valence-corrected chi connectivity index (χ2v) is 39.5. The maximum atomic E-state index is 6.35. The number of rotatable bonds is 14. The molecule has 9 nitrogen and oxygen atoms in total. The molecule has 0 unspecified atom stereocenters. The van der Waals surface area contributed by atoms with Gasteiger partial charge >= 0.3 is 42.1 Å². The van der Waals surface area contributed by atoms with E-state index >= 15 is 0 Å². The number of benzene rings is 12. The zero-order valence-electron chi connectivity index (χ0n) is 52.8. The van der Waals surface area contributed by atoms with Crippen LogP contribution in [0.2, 0.25) is 0 Å². The van der Waals surface area contributed by atoms with Crippen molar-refractivity contribution in [3.63, 3.8) is 0 Å². The summed E-state index contributed by atoms with van der Waals surface area (Å²) in [7, 11) is 13.1. The minimum atomic E-state index is -1.42. The second-order valence-electron chi connectivity index (χ2n) is 21.5. The molecule has 502 valence electrons. The fourth-order valence-corrected chi connectivity index (χ4v) is 21.7. The molecular formula is C78H67Cl5NO8P4Ru2+. The Hall–Kier alpha value is -6.58. The molecule has 0 saturated heterocycles. The fraction of sp³-hybridized carbons (Fsp3) is 0.0769. The van der Waals surface area contributed by atoms with Crippen molar-refractivity contribution >= 4 is 108 Å². The molecule has 0 spiro atoms. The number of fused-ring (bicyclic) bond motifs is 4. The molecule has 0 aliphatic carbocycles. The largest absolute Gasteiger partial charge is 0.454 e. The molecule has 12 aromatic carbocycles. The Kier molecular flexibility index (Phi) is 27.3. The number of hydrogen-bond acceptors (Lipinski definition) is 9. The third kappa shape index (κ3) is 16.6. The molecule has 0 atom stereocenters. The predicted octanol–water partition coefficient (Wildman–Crippen LogP) is 9.11. The van der Waals surface area contributed by atoms with Crippen molar-refractivity contribution in [1.82, 2.24) is 5.32 Å². The summed E-state index contributed by atoms with van der Waals surface area (Å²) < 4.78 is 49.5. The van der Waals surface area contributed by atoms with Gasteiger partial charge in [0, 0.05) is 41.7 Å². The van der Waals surface area contributed by atoms with Crippen LogP contribution in [-0.4, -0.2) is 41.3 Å². The maximum Gasteiger partial charge on any atom is 0.231 e. The summed E-state index contributed by atoms with van der Waals surface area (Å²) in [5.41, 5.74) is 4.04. The zero-order valence-corrected chi connectivity index (χ0v) is 63.9. The molecule has 0 radical (unpaired) electrons. The predicted molar refractivity (Wildman–Crippen MR) is 389 cm³/mol. The van der Waals surface area contributed by atoms with E-state index in [4.69, 9.17) is 37.9 Å². The summed E-state index contributed by atoms with van der Waals surface area (Å²) in [5, 5.41) is 17.5. The summed E-state index contributed by atoms with van der Waals surface area (Å²) >= 11 is -1.42. The zero-order chi connectivity index (χ0) is 64.9. The molecule has 12 aromatic rings. The Labute approximate surface area is 620 Å². The Morgan fingerprint density at radius 2 is 0.408 bits per heavy atom. The van der Waals surface area contributed by atoms with E-state index in [0.29, 0.717) is 0 Å². The van der Waals surface area contributed by atoms with Crippen molar-refractivity contribution in [3.05, 3.63) is 291 Å². The van der Waals surface area contributed by atoms with Crippen molar-refractivity contribution in [1.29, 1.82) is 0 Å². The van der Waals surface area contributed by atoms with E-state index in [1.807, 2.05) is 14.1 Å². The molecule has 20 heteroatoms. The average Bonchev–Trinajstić information content (AvgIpc) is 1.38. The summed E-state index contributed by atoms with van der Waals surface area (Å²) in [6, 6.07) is 103. The Balaban J connectivity index is 0.000000189. The Bertz CT molecular complexity index is 3800. The standard InChI is InChI=1S/2C38H28O4P2.C2H7N.5ClH.2Ru/c2*1-5-13-27(14-6-1)43(28-15-7-2-8-16-28)33-23-21-31-37(41-25-39-31)35(33)36-34(24-22-32-38(36)42-26-40-32)44(29-17-9-3-10-18-29)30-19-11-4-12-20-30;1-3-2;;;;;;;/h2*1-24H,25-26H2;3H,1-2H3;5*1H;;/q;;;;;;;;;+2/p-1. The molecule has 0 amide bonds. The van der Waals surface area contributed by atoms with Crippen LogP contribution in [0.4, 0.5) is 0 Å². The fourth-order valence-electron chi connectivity index (χ4n) is 11.9. The van der Waals surface area contributed by atoms with Crippen LogP contribution in [0.25, 0.3) is 22.3 Å². The number of nitrogens with one attached hydrogen (secondary N) is 1. The first kappa shape index (κ1) is 74.1. The molecule has 0 saturated carbocycles. The van der Waals surface area contributed by atoms with Crippen LogP contribution in [0.1, 0.15) is 0 Å². The minimum absolute atomic E-state index is 0. The molecule has 4 aliphatic heterocycles. The molecule has 16 rings (SSSR count). The summed E-state index contributed by atoms with van der Waals surface area (Å²) in [5.74, 6) is 5.98. The average molecular weight is 1650 g/mol. The van der Waals surface area contributed by atoms with Crippen LogP contribution in [0.3, 0.4) is 0 Å². The van der Waals surface area contributed by atoms with E-state index in [2.05, 4.69) is 326 Å². The van der Waals surface area contributed by atoms with Gasteiger partial charge < -0.3 is 55.6 Å². The Morgan fingerprint density at radius 1 is 0.265 bits per heavy atom. The number of hydrogen-bond donors (Lipinski definition) is 1. The second kappa shape index (κ2) is 36.1. The van der Waals surface area contributed by atoms with E-state index in [9.17, 15) is 0 Å². The summed E-state index contributed by atoms with van der Waals surface area (Å²) in [6.45, 7) is 0.699. The SMILES string of the molecule is CNC.Cl.[Cl-].[ClH+][Ru-]([ClH+])[ClH+].[Ru].c1ccc(P(c2ccccc2)c2ccc3c(c2-c2c(P(c4ccccc4)c4ccccc4)ccc4c2OCO4)OCO3)cc1.c1ccc(P(c2ccccc2)c2ccc3c(c2-c2c(P(c4ccccc4)c4ccccc4)ccc4c2OCO4)OCO3)cc1. The quantitative estimate of drug-likeness (QED) is 0.0848. The van der Waals surface area contributed by atoms with Crippen molar-refractivity contribution in [2.45, 2.75) is 0 Å². The van der Waals surface area contributed by atoms with E-state index in [0.717, 1.165) is 68.2 Å². The molecule has 98 heavy (non-hydrogen) atoms. The van der Waals surface area contributed by atoms with Crippen LogP contribution >= 0.6 is 44.1 Å². The van der Waals surface area contributed by atoms with Crippen LogP contribution in [0, 0.1) is 29.1 Å². The van der Waals surface area contributed by atoms with Gasteiger partial charge in [-0.2, -0.15) is 0 Å². The summed E-state index contributed by atoms with van der Waals surface area (Å²) in [6.07, 6.45) is 0. The van der Waals surface area contributed by atoms with Crippen LogP contribution < -0.4 is 119 Å². The molecule has 1 N–H and O–H groups in total. The Morgan fingerprint density at radius 3 is 0.551 bits per heavy atom. The first-order valence-electron chi connectivity index (χ1n) is 30.5. The maximum absolute atomic E-state index is 6.35. The van der Waals surface area contributed by atoms with E-state index in [1.165, 1.54) is 63.7 Å². The first-order valence-corrected chi connectivity index (χ1v) is 43.1. The summed E-state index contributed by atoms with van der Waals surface area (Å²) in [4.78, 5) is 0. The smallest absolute Gasteiger partial charge is 0.231 e. The van der Waals surface area contributed by atoms with Gasteiger partial charge in [-0.05, 0) is 158 Å². The normalized spacial score (nSPS) is 12.4. The van der Waals surface area contributed by atoms with Gasteiger partial charge in [0.25, 0.3) is 0 Å². The van der Waals surface area contributed by atoms with E-state index in [-0.39, 0.29) is 71.5 Å². The van der Waals surface area contributed by atoms with Gasteiger partial charge in [0.15, 0.2) is 46.0 Å². The van der Waals surface area contributed by atoms with E-state index in [1.54, 1.807) is 0 Å². The molecule has 0 fully saturated rings. The molecule has 4 heterocycles. The third-order valence-corrected chi connectivity index (χ3v) is 25.6. The van der Waals surface area contributed by atoms with Gasteiger partial charge in [-0.15, -0.1) is 12.4 Å². The molecular weight excluding hydrogens is 1580 g/mol. The first-order chi connectivity index (χ1) is 46.9. The topological polar surface area (TPSA) is 85.9 Å². The van der Waals surface area contributed by atoms with Crippen molar-refractivity contribution in [2.75, 3.05) is 41.3 Å². The van der Waals surface area contributed by atoms with Crippen LogP contribution in [0.5, 0.6) is 46.0 Å². The van der Waals surface area contributed by atoms with Gasteiger partial charge in [0.05, 0.1) is 0 Å². The minimum Gasteiger partial charge on any atom is -0.454 e. The van der Waals surface area contributed by atoms with Crippen molar-refractivity contribution in [2.24, 2.45) is 0 Å². The van der Waals surface area contributed by atoms with Crippen LogP contribution in [-0.2, 0) is 32.5 Å². The van der Waals surface area contributed by atoms with Gasteiger partial charge in [-0.1, -0.05) is 243 Å². The monoisotopic (exact) mass is 1650 g/mol. The molecule has 4 aliphatic rings. The van der Waals surface area contributed by atoms with E-state index < -0.39 is 44.7 Å². The number of halogens is 5. The van der Waals surface area contributed by atoms with Crippen molar-refractivity contribution in [3.8, 4) is 68.2 Å². The number of ether oxygens (including phenoxy) is 8. The molecule has 0 aromatic heterocycles.